The van der Waals surface area contributed by atoms with Gasteiger partial charge < -0.3 is 9.47 Å². The average Bonchev–Trinajstić information content (AvgIpc) is 3.00. The second-order valence-corrected chi connectivity index (χ2v) is 7.57. The van der Waals surface area contributed by atoms with E-state index in [9.17, 15) is 18.0 Å². The summed E-state index contributed by atoms with van der Waals surface area (Å²) >= 11 is 0. The minimum atomic E-state index is -4.04. The number of hydrogen-bond acceptors (Lipinski definition) is 7. The Labute approximate surface area is 156 Å². The number of nitrogens with one attached hydrogen (secondary N) is 1. The van der Waals surface area contributed by atoms with Crippen molar-refractivity contribution in [3.05, 3.63) is 23.8 Å². The van der Waals surface area contributed by atoms with Gasteiger partial charge in [0.05, 0.1) is 30.9 Å². The van der Waals surface area contributed by atoms with Crippen molar-refractivity contribution in [2.24, 2.45) is 0 Å². The predicted octanol–water partition coefficient (Wildman–Crippen LogP) is 0.596. The van der Waals surface area contributed by atoms with E-state index in [1.807, 2.05) is 0 Å². The number of benzene rings is 1. The molecule has 11 heteroatoms. The minimum absolute atomic E-state index is 0.122. The highest BCUT2D eigenvalue weighted by Gasteiger charge is 2.32. The number of carbonyl (C=O) groups excluding carboxylic acids is 2. The van der Waals surface area contributed by atoms with E-state index in [1.165, 1.54) is 23.4 Å². The Balaban J connectivity index is 2.21. The van der Waals surface area contributed by atoms with Gasteiger partial charge in [0, 0.05) is 20.0 Å². The molecule has 1 aromatic carbocycles. The van der Waals surface area contributed by atoms with Gasteiger partial charge in [-0.2, -0.15) is 16.7 Å². The summed E-state index contributed by atoms with van der Waals surface area (Å²) in [6, 6.07) is 4.56. The van der Waals surface area contributed by atoms with E-state index >= 15 is 0 Å². The van der Waals surface area contributed by atoms with Crippen molar-refractivity contribution in [3.63, 3.8) is 0 Å². The van der Waals surface area contributed by atoms with Gasteiger partial charge in [0.25, 0.3) is 0 Å². The summed E-state index contributed by atoms with van der Waals surface area (Å²) in [6.45, 7) is 3.99. The Bertz CT molecular complexity index is 978. The van der Waals surface area contributed by atoms with Crippen molar-refractivity contribution in [1.29, 1.82) is 0 Å². The SMILES string of the molecule is CCOC(=O)c1cccc2c1nc(NC(C)=O)n2S(=O)(=O)N1CCOCC1. The van der Waals surface area contributed by atoms with Gasteiger partial charge in [-0.05, 0) is 19.1 Å². The van der Waals surface area contributed by atoms with Crippen LogP contribution in [0.2, 0.25) is 0 Å². The zero-order valence-electron chi connectivity index (χ0n) is 15.0. The first-order valence-corrected chi connectivity index (χ1v) is 9.80. The molecule has 2 heterocycles. The predicted molar refractivity (Wildman–Crippen MR) is 96.7 cm³/mol. The number of esters is 1. The van der Waals surface area contributed by atoms with Crippen LogP contribution in [0, 0.1) is 0 Å². The van der Waals surface area contributed by atoms with E-state index in [4.69, 9.17) is 9.47 Å². The topological polar surface area (TPSA) is 120 Å². The summed E-state index contributed by atoms with van der Waals surface area (Å²) in [5.74, 6) is -1.28. The Morgan fingerprint density at radius 2 is 2.00 bits per heavy atom. The quantitative estimate of drug-likeness (QED) is 0.735. The molecule has 1 aromatic heterocycles. The lowest BCUT2D eigenvalue weighted by atomic mass is 10.2. The Morgan fingerprint density at radius 1 is 1.30 bits per heavy atom. The molecule has 1 N–H and O–H groups in total. The molecule has 1 aliphatic rings. The van der Waals surface area contributed by atoms with Gasteiger partial charge >= 0.3 is 16.2 Å². The van der Waals surface area contributed by atoms with Crippen LogP contribution in [-0.4, -0.2) is 66.5 Å². The first-order chi connectivity index (χ1) is 12.9. The number of para-hydroxylation sites is 1. The first-order valence-electron chi connectivity index (χ1n) is 8.40. The van der Waals surface area contributed by atoms with Gasteiger partial charge in [-0.15, -0.1) is 0 Å². The molecule has 1 saturated heterocycles. The second-order valence-electron chi connectivity index (χ2n) is 5.79. The lowest BCUT2D eigenvalue weighted by molar-refractivity contribution is -0.114. The Kier molecular flexibility index (Phi) is 5.44. The van der Waals surface area contributed by atoms with Crippen LogP contribution in [0.1, 0.15) is 24.2 Å². The van der Waals surface area contributed by atoms with Crippen LogP contribution in [0.5, 0.6) is 0 Å². The number of aromatic nitrogens is 2. The van der Waals surface area contributed by atoms with E-state index in [-0.39, 0.29) is 55.5 Å². The third-order valence-electron chi connectivity index (χ3n) is 3.95. The average molecular weight is 396 g/mol. The summed E-state index contributed by atoms with van der Waals surface area (Å²) in [5.41, 5.74) is 0.434. The van der Waals surface area contributed by atoms with E-state index < -0.39 is 22.1 Å². The van der Waals surface area contributed by atoms with Crippen molar-refractivity contribution in [3.8, 4) is 0 Å². The number of anilines is 1. The lowest BCUT2D eigenvalue weighted by Crippen LogP contribution is -2.43. The molecule has 3 rings (SSSR count). The zero-order chi connectivity index (χ0) is 19.6. The molecule has 10 nitrogen and oxygen atoms in total. The number of hydrogen-bond donors (Lipinski definition) is 1. The molecule has 0 radical (unpaired) electrons. The maximum atomic E-state index is 13.2. The highest BCUT2D eigenvalue weighted by molar-refractivity contribution is 7.87. The number of amides is 1. The van der Waals surface area contributed by atoms with E-state index in [2.05, 4.69) is 10.3 Å². The highest BCUT2D eigenvalue weighted by Crippen LogP contribution is 2.27. The normalized spacial score (nSPS) is 15.6. The van der Waals surface area contributed by atoms with Gasteiger partial charge in [-0.25, -0.2) is 9.78 Å². The number of fused-ring (bicyclic) bond motifs is 1. The third-order valence-corrected chi connectivity index (χ3v) is 5.80. The summed E-state index contributed by atoms with van der Waals surface area (Å²) in [7, 11) is -4.04. The summed E-state index contributed by atoms with van der Waals surface area (Å²) in [4.78, 5) is 28.0. The summed E-state index contributed by atoms with van der Waals surface area (Å²) in [5, 5.41) is 2.43. The largest absolute Gasteiger partial charge is 0.462 e. The van der Waals surface area contributed by atoms with Gasteiger partial charge in [0.2, 0.25) is 11.9 Å². The van der Waals surface area contributed by atoms with Crippen molar-refractivity contribution >= 4 is 39.1 Å². The fourth-order valence-corrected chi connectivity index (χ4v) is 4.36. The standard InChI is InChI=1S/C16H20N4O6S/c1-3-26-15(22)12-5-4-6-13-14(12)18-16(17-11(2)21)20(13)27(23,24)19-7-9-25-10-8-19/h4-6H,3,7-10H2,1-2H3,(H,17,18,21). The van der Waals surface area contributed by atoms with Crippen molar-refractivity contribution in [2.45, 2.75) is 13.8 Å². The van der Waals surface area contributed by atoms with Crippen molar-refractivity contribution in [1.82, 2.24) is 13.3 Å². The molecule has 0 atom stereocenters. The molecule has 1 fully saturated rings. The third kappa shape index (κ3) is 3.66. The van der Waals surface area contributed by atoms with E-state index in [1.54, 1.807) is 13.0 Å². The second kappa shape index (κ2) is 7.62. The maximum Gasteiger partial charge on any atom is 0.340 e. The van der Waals surface area contributed by atoms with E-state index in [0.717, 1.165) is 3.97 Å². The number of ether oxygens (including phenoxy) is 2. The minimum Gasteiger partial charge on any atom is -0.462 e. The van der Waals surface area contributed by atoms with Crippen LogP contribution in [0.4, 0.5) is 5.95 Å². The fourth-order valence-electron chi connectivity index (χ4n) is 2.81. The molecule has 0 unspecified atom stereocenters. The smallest absolute Gasteiger partial charge is 0.340 e. The van der Waals surface area contributed by atoms with Crippen LogP contribution in [0.25, 0.3) is 11.0 Å². The first kappa shape index (κ1) is 19.3. The maximum absolute atomic E-state index is 13.2. The monoisotopic (exact) mass is 396 g/mol. The fraction of sp³-hybridized carbons (Fsp3) is 0.438. The summed E-state index contributed by atoms with van der Waals surface area (Å²) in [6.07, 6.45) is 0. The lowest BCUT2D eigenvalue weighted by Gasteiger charge is -2.26. The molecule has 0 aliphatic carbocycles. The van der Waals surface area contributed by atoms with Gasteiger partial charge in [-0.1, -0.05) is 6.07 Å². The molecular formula is C16H20N4O6S. The zero-order valence-corrected chi connectivity index (χ0v) is 15.8. The van der Waals surface area contributed by atoms with Crippen LogP contribution >= 0.6 is 0 Å². The van der Waals surface area contributed by atoms with Crippen molar-refractivity contribution in [2.75, 3.05) is 38.2 Å². The number of imidazole rings is 1. The number of carbonyl (C=O) groups is 2. The number of morpholine rings is 1. The highest BCUT2D eigenvalue weighted by atomic mass is 32.2. The molecule has 146 valence electrons. The van der Waals surface area contributed by atoms with Crippen LogP contribution in [0.15, 0.2) is 18.2 Å². The Hall–Kier alpha value is -2.50. The van der Waals surface area contributed by atoms with Crippen molar-refractivity contribution < 1.29 is 27.5 Å². The van der Waals surface area contributed by atoms with Crippen LogP contribution < -0.4 is 5.32 Å². The summed E-state index contributed by atoms with van der Waals surface area (Å²) < 4.78 is 38.8. The molecule has 1 amide bonds. The molecule has 2 aromatic rings. The van der Waals surface area contributed by atoms with Crippen LogP contribution in [-0.2, 0) is 24.5 Å². The molecule has 1 aliphatic heterocycles. The molecule has 0 spiro atoms. The molecule has 27 heavy (non-hydrogen) atoms. The molecule has 0 bridgehead atoms. The Morgan fingerprint density at radius 3 is 2.63 bits per heavy atom. The van der Waals surface area contributed by atoms with Crippen LogP contribution in [0.3, 0.4) is 0 Å². The molecule has 0 saturated carbocycles. The number of nitrogens with zero attached hydrogens (tertiary/aromatic N) is 3. The van der Waals surface area contributed by atoms with E-state index in [0.29, 0.717) is 0 Å². The number of rotatable bonds is 5. The molecular weight excluding hydrogens is 376 g/mol. The van der Waals surface area contributed by atoms with Gasteiger partial charge in [0.1, 0.15) is 5.52 Å². The van der Waals surface area contributed by atoms with Gasteiger partial charge in [-0.3, -0.25) is 10.1 Å². The van der Waals surface area contributed by atoms with Gasteiger partial charge in [0.15, 0.2) is 0 Å².